The van der Waals surface area contributed by atoms with Crippen LogP contribution in [0, 0.1) is 0 Å². The van der Waals surface area contributed by atoms with E-state index in [0.29, 0.717) is 13.1 Å². The Morgan fingerprint density at radius 2 is 2.33 bits per heavy atom. The highest BCUT2D eigenvalue weighted by atomic mass is 16.2. The number of nitrogens with zero attached hydrogens (tertiary/aromatic N) is 2. The van der Waals surface area contributed by atoms with Gasteiger partial charge in [0.25, 0.3) is 0 Å². The molecule has 0 aromatic heterocycles. The van der Waals surface area contributed by atoms with Gasteiger partial charge in [0, 0.05) is 20.6 Å². The predicted molar refractivity (Wildman–Crippen MR) is 42.3 cm³/mol. The molecule has 6 nitrogen and oxygen atoms in total. The van der Waals surface area contributed by atoms with Gasteiger partial charge in [0.15, 0.2) is 0 Å². The fraction of sp³-hybridized carbons (Fsp3) is 0.667. The van der Waals surface area contributed by atoms with Crippen molar-refractivity contribution >= 4 is 12.1 Å². The Morgan fingerprint density at radius 3 is 2.75 bits per heavy atom. The van der Waals surface area contributed by atoms with Crippen molar-refractivity contribution in [2.45, 2.75) is 0 Å². The van der Waals surface area contributed by atoms with E-state index in [0.717, 1.165) is 0 Å². The highest BCUT2D eigenvalue weighted by Crippen LogP contribution is 1.92. The molecule has 0 aromatic rings. The smallest absolute Gasteiger partial charge is 0.335 e. The minimum atomic E-state index is -0.299. The van der Waals surface area contributed by atoms with Crippen molar-refractivity contribution in [3.8, 4) is 0 Å². The molecule has 0 bridgehead atoms. The van der Waals surface area contributed by atoms with Gasteiger partial charge in [0.2, 0.25) is 0 Å². The fourth-order valence-corrected chi connectivity index (χ4v) is 0.794. The van der Waals surface area contributed by atoms with Crippen molar-refractivity contribution < 1.29 is 9.59 Å². The first-order valence-electron chi connectivity index (χ1n) is 3.64. The molecular weight excluding hydrogens is 160 g/mol. The van der Waals surface area contributed by atoms with Crippen LogP contribution in [-0.2, 0) is 0 Å². The van der Waals surface area contributed by atoms with E-state index in [4.69, 9.17) is 0 Å². The molecule has 2 N–H and O–H groups in total. The van der Waals surface area contributed by atoms with Gasteiger partial charge < -0.3 is 10.2 Å². The van der Waals surface area contributed by atoms with Crippen LogP contribution in [0.1, 0.15) is 0 Å². The number of hydrogen-bond donors (Lipinski definition) is 2. The van der Waals surface area contributed by atoms with Gasteiger partial charge in [-0.1, -0.05) is 0 Å². The average Bonchev–Trinajstić information content (AvgIpc) is 2.36. The van der Waals surface area contributed by atoms with Crippen LogP contribution in [0.5, 0.6) is 0 Å². The normalized spacial score (nSPS) is 15.8. The Morgan fingerprint density at radius 1 is 1.67 bits per heavy atom. The van der Waals surface area contributed by atoms with Gasteiger partial charge in [-0.2, -0.15) is 0 Å². The summed E-state index contributed by atoms with van der Waals surface area (Å²) >= 11 is 0. The molecule has 6 heteroatoms. The summed E-state index contributed by atoms with van der Waals surface area (Å²) in [6, 6.07) is -0.558. The van der Waals surface area contributed by atoms with Gasteiger partial charge in [-0.15, -0.1) is 0 Å². The summed E-state index contributed by atoms with van der Waals surface area (Å²) < 4.78 is 0. The number of rotatable bonds is 1. The molecule has 1 rings (SSSR count). The zero-order valence-electron chi connectivity index (χ0n) is 7.13. The third-order valence-electron chi connectivity index (χ3n) is 1.49. The first kappa shape index (κ1) is 8.63. The van der Waals surface area contributed by atoms with E-state index in [1.54, 1.807) is 14.1 Å². The lowest BCUT2D eigenvalue weighted by Gasteiger charge is -2.18. The van der Waals surface area contributed by atoms with Gasteiger partial charge in [-0.05, 0) is 0 Å². The van der Waals surface area contributed by atoms with Crippen LogP contribution in [0.4, 0.5) is 9.59 Å². The van der Waals surface area contributed by atoms with Gasteiger partial charge in [-0.25, -0.2) is 20.0 Å². The van der Waals surface area contributed by atoms with Gasteiger partial charge >= 0.3 is 12.1 Å². The summed E-state index contributed by atoms with van der Waals surface area (Å²) in [6.45, 7) is 1.09. The highest BCUT2D eigenvalue weighted by Gasteiger charge is 2.21. The van der Waals surface area contributed by atoms with Crippen LogP contribution in [0.2, 0.25) is 0 Å². The minimum Gasteiger partial charge on any atom is -0.335 e. The van der Waals surface area contributed by atoms with Crippen LogP contribution in [0.15, 0.2) is 0 Å². The molecule has 0 aromatic carbocycles. The lowest BCUT2D eigenvalue weighted by Crippen LogP contribution is -2.48. The van der Waals surface area contributed by atoms with Crippen molar-refractivity contribution in [2.24, 2.45) is 0 Å². The molecule has 12 heavy (non-hydrogen) atoms. The predicted octanol–water partition coefficient (Wildman–Crippen LogP) is -0.802. The van der Waals surface area contributed by atoms with Gasteiger partial charge in [0.05, 0.1) is 6.54 Å². The molecule has 1 saturated heterocycles. The summed E-state index contributed by atoms with van der Waals surface area (Å²) in [5.74, 6) is 0. The topological polar surface area (TPSA) is 64.7 Å². The summed E-state index contributed by atoms with van der Waals surface area (Å²) in [7, 11) is 3.23. The first-order chi connectivity index (χ1) is 5.61. The number of urea groups is 2. The maximum atomic E-state index is 11.0. The maximum Gasteiger partial charge on any atom is 0.336 e. The Hall–Kier alpha value is -1.46. The summed E-state index contributed by atoms with van der Waals surface area (Å²) in [5, 5.41) is 3.82. The third-order valence-corrected chi connectivity index (χ3v) is 1.49. The van der Waals surface area contributed by atoms with E-state index in [-0.39, 0.29) is 12.1 Å². The number of carbonyl (C=O) groups is 2. The van der Waals surface area contributed by atoms with Crippen molar-refractivity contribution in [1.29, 1.82) is 0 Å². The van der Waals surface area contributed by atoms with Crippen molar-refractivity contribution in [3.05, 3.63) is 0 Å². The minimum absolute atomic E-state index is 0.259. The second kappa shape index (κ2) is 3.29. The van der Waals surface area contributed by atoms with E-state index >= 15 is 0 Å². The standard InChI is InChI=1S/C6H12N4O2/c1-9(2)6(12)8-10-4-3-7-5(10)11/h3-4H2,1-2H3,(H,7,11)(H,8,12). The van der Waals surface area contributed by atoms with E-state index in [1.165, 1.54) is 9.91 Å². The number of carbonyl (C=O) groups excluding carboxylic acids is 2. The molecule has 0 aliphatic carbocycles. The lowest BCUT2D eigenvalue weighted by atomic mass is 10.7. The second-order valence-electron chi connectivity index (χ2n) is 2.69. The molecular formula is C6H12N4O2. The fourth-order valence-electron chi connectivity index (χ4n) is 0.794. The van der Waals surface area contributed by atoms with Gasteiger partial charge in [0.1, 0.15) is 0 Å². The molecule has 4 amide bonds. The zero-order chi connectivity index (χ0) is 9.14. The lowest BCUT2D eigenvalue weighted by molar-refractivity contribution is 0.172. The van der Waals surface area contributed by atoms with Crippen LogP contribution in [0.25, 0.3) is 0 Å². The van der Waals surface area contributed by atoms with E-state index in [2.05, 4.69) is 10.7 Å². The van der Waals surface area contributed by atoms with E-state index in [1.807, 2.05) is 0 Å². The van der Waals surface area contributed by atoms with Crippen LogP contribution in [-0.4, -0.2) is 49.2 Å². The molecule has 1 fully saturated rings. The first-order valence-corrected chi connectivity index (χ1v) is 3.64. The van der Waals surface area contributed by atoms with Crippen molar-refractivity contribution in [1.82, 2.24) is 20.7 Å². The van der Waals surface area contributed by atoms with E-state index in [9.17, 15) is 9.59 Å². The average molecular weight is 172 g/mol. The molecule has 0 spiro atoms. The molecule has 68 valence electrons. The molecule has 1 aliphatic rings. The Labute approximate surface area is 70.5 Å². The highest BCUT2D eigenvalue weighted by molar-refractivity contribution is 5.81. The molecule has 0 atom stereocenters. The molecule has 0 saturated carbocycles. The van der Waals surface area contributed by atoms with Crippen LogP contribution < -0.4 is 10.7 Å². The summed E-state index contributed by atoms with van der Waals surface area (Å²) in [5.41, 5.74) is 2.44. The monoisotopic (exact) mass is 172 g/mol. The number of nitrogens with one attached hydrogen (secondary N) is 2. The summed E-state index contributed by atoms with van der Waals surface area (Å²) in [4.78, 5) is 23.3. The Bertz CT molecular complexity index is 204. The largest absolute Gasteiger partial charge is 0.336 e. The third kappa shape index (κ3) is 1.77. The summed E-state index contributed by atoms with van der Waals surface area (Å²) in [6.07, 6.45) is 0. The van der Waals surface area contributed by atoms with E-state index < -0.39 is 0 Å². The van der Waals surface area contributed by atoms with Crippen LogP contribution >= 0.6 is 0 Å². The molecule has 1 heterocycles. The molecule has 0 unspecified atom stereocenters. The Kier molecular flexibility index (Phi) is 2.37. The van der Waals surface area contributed by atoms with Crippen molar-refractivity contribution in [2.75, 3.05) is 27.2 Å². The Balaban J connectivity index is 2.40. The SMILES string of the molecule is CN(C)C(=O)NN1CCNC1=O. The maximum absolute atomic E-state index is 11.0. The second-order valence-corrected chi connectivity index (χ2v) is 2.69. The van der Waals surface area contributed by atoms with Crippen molar-refractivity contribution in [3.63, 3.8) is 0 Å². The number of hydrogen-bond acceptors (Lipinski definition) is 2. The van der Waals surface area contributed by atoms with Crippen LogP contribution in [0.3, 0.4) is 0 Å². The molecule has 1 aliphatic heterocycles. The molecule has 0 radical (unpaired) electrons. The van der Waals surface area contributed by atoms with Gasteiger partial charge in [-0.3, -0.25) is 0 Å². The quantitative estimate of drug-likeness (QED) is 0.543. The number of amides is 4. The zero-order valence-corrected chi connectivity index (χ0v) is 7.13. The number of hydrazine groups is 1.